The summed E-state index contributed by atoms with van der Waals surface area (Å²) in [5, 5.41) is 3.84. The first kappa shape index (κ1) is 13.0. The minimum atomic E-state index is -3.48. The molecule has 0 radical (unpaired) electrons. The monoisotopic (exact) mass is 273 g/mol. The molecule has 1 aromatic rings. The first-order chi connectivity index (χ1) is 8.44. The van der Waals surface area contributed by atoms with Crippen LogP contribution in [0.2, 0.25) is 0 Å². The molecule has 0 spiro atoms. The number of benzene rings is 1. The second kappa shape index (κ2) is 5.03. The Kier molecular flexibility index (Phi) is 3.63. The Morgan fingerprint density at radius 2 is 2.11 bits per heavy atom. The topological polar surface area (TPSA) is 65.0 Å². The van der Waals surface area contributed by atoms with Crippen LogP contribution in [0.5, 0.6) is 0 Å². The van der Waals surface area contributed by atoms with Crippen LogP contribution >= 0.6 is 0 Å². The summed E-state index contributed by atoms with van der Waals surface area (Å²) in [5.41, 5.74) is 1.40. The van der Waals surface area contributed by atoms with Gasteiger partial charge in [-0.3, -0.25) is 4.18 Å². The summed E-state index contributed by atoms with van der Waals surface area (Å²) in [5.74, 6) is -0.324. The maximum absolute atomic E-state index is 12.7. The zero-order chi connectivity index (χ0) is 13.2. The van der Waals surface area contributed by atoms with E-state index in [1.807, 2.05) is 0 Å². The van der Waals surface area contributed by atoms with Crippen LogP contribution in [-0.4, -0.2) is 33.1 Å². The third kappa shape index (κ3) is 3.51. The van der Waals surface area contributed by atoms with Crippen molar-refractivity contribution < 1.29 is 21.8 Å². The van der Waals surface area contributed by atoms with Gasteiger partial charge in [0, 0.05) is 6.42 Å². The number of rotatable bonds is 4. The second-order valence-electron chi connectivity index (χ2n) is 3.97. The molecule has 0 aromatic heterocycles. The lowest BCUT2D eigenvalue weighted by Gasteiger charge is -2.06. The van der Waals surface area contributed by atoms with Gasteiger partial charge in [0.15, 0.2) is 6.10 Å². The van der Waals surface area contributed by atoms with Gasteiger partial charge in [-0.15, -0.1) is 0 Å². The van der Waals surface area contributed by atoms with Gasteiger partial charge < -0.3 is 4.84 Å². The Morgan fingerprint density at radius 3 is 2.72 bits per heavy atom. The van der Waals surface area contributed by atoms with Crippen LogP contribution in [0.4, 0.5) is 4.39 Å². The van der Waals surface area contributed by atoms with Crippen LogP contribution in [-0.2, 0) is 19.1 Å². The Morgan fingerprint density at radius 1 is 1.44 bits per heavy atom. The molecule has 7 heteroatoms. The highest BCUT2D eigenvalue weighted by Gasteiger charge is 2.23. The number of halogens is 1. The summed E-state index contributed by atoms with van der Waals surface area (Å²) < 4.78 is 39.0. The third-order valence-electron chi connectivity index (χ3n) is 2.38. The summed E-state index contributed by atoms with van der Waals surface area (Å²) in [6.07, 6.45) is 0.977. The Hall–Kier alpha value is -1.47. The molecule has 1 heterocycles. The van der Waals surface area contributed by atoms with Crippen molar-refractivity contribution in [2.45, 2.75) is 12.5 Å². The van der Waals surface area contributed by atoms with Crippen molar-refractivity contribution in [3.63, 3.8) is 0 Å². The lowest BCUT2D eigenvalue weighted by atomic mass is 10.1. The molecule has 0 saturated heterocycles. The lowest BCUT2D eigenvalue weighted by Crippen LogP contribution is -2.18. The van der Waals surface area contributed by atoms with Crippen LogP contribution in [0.25, 0.3) is 0 Å². The van der Waals surface area contributed by atoms with Crippen LogP contribution < -0.4 is 0 Å². The van der Waals surface area contributed by atoms with E-state index in [-0.39, 0.29) is 12.4 Å². The van der Waals surface area contributed by atoms with E-state index in [1.54, 1.807) is 12.1 Å². The molecule has 0 bridgehead atoms. The van der Waals surface area contributed by atoms with Crippen molar-refractivity contribution in [1.29, 1.82) is 0 Å². The van der Waals surface area contributed by atoms with Crippen molar-refractivity contribution in [1.82, 2.24) is 0 Å². The largest absolute Gasteiger partial charge is 0.389 e. The van der Waals surface area contributed by atoms with Crippen molar-refractivity contribution in [2.75, 3.05) is 12.9 Å². The van der Waals surface area contributed by atoms with Gasteiger partial charge in [0.1, 0.15) is 12.4 Å². The molecule has 18 heavy (non-hydrogen) atoms. The molecule has 1 unspecified atom stereocenters. The molecular formula is C11H12FNO4S. The van der Waals surface area contributed by atoms with Crippen LogP contribution in [0.1, 0.15) is 12.0 Å². The van der Waals surface area contributed by atoms with Gasteiger partial charge in [-0.05, 0) is 17.7 Å². The molecule has 0 N–H and O–H groups in total. The predicted molar refractivity (Wildman–Crippen MR) is 63.2 cm³/mol. The van der Waals surface area contributed by atoms with Gasteiger partial charge >= 0.3 is 0 Å². The van der Waals surface area contributed by atoms with Crippen LogP contribution in [0.15, 0.2) is 29.4 Å². The minimum Gasteiger partial charge on any atom is -0.389 e. The van der Waals surface area contributed by atoms with Crippen LogP contribution in [0.3, 0.4) is 0 Å². The van der Waals surface area contributed by atoms with E-state index in [0.717, 1.165) is 11.8 Å². The molecule has 1 aliphatic heterocycles. The average Bonchev–Trinajstić information content (AvgIpc) is 2.75. The summed E-state index contributed by atoms with van der Waals surface area (Å²) in [7, 11) is -3.48. The Balaban J connectivity index is 1.93. The van der Waals surface area contributed by atoms with Crippen molar-refractivity contribution >= 4 is 15.8 Å². The highest BCUT2D eigenvalue weighted by Crippen LogP contribution is 2.17. The zero-order valence-corrected chi connectivity index (χ0v) is 10.5. The SMILES string of the molecule is CS(=O)(=O)OCC1CC(c2ccc(F)cc2)=NO1. The van der Waals surface area contributed by atoms with Gasteiger partial charge in [0.05, 0.1) is 12.0 Å². The normalized spacial score (nSPS) is 19.4. The predicted octanol–water partition coefficient (Wildman–Crippen LogP) is 1.29. The smallest absolute Gasteiger partial charge is 0.264 e. The fourth-order valence-corrected chi connectivity index (χ4v) is 1.93. The molecule has 2 rings (SSSR count). The maximum Gasteiger partial charge on any atom is 0.264 e. The lowest BCUT2D eigenvalue weighted by molar-refractivity contribution is 0.0493. The summed E-state index contributed by atoms with van der Waals surface area (Å²) >= 11 is 0. The molecule has 1 atom stereocenters. The molecule has 0 saturated carbocycles. The van der Waals surface area contributed by atoms with Gasteiger partial charge in [0.2, 0.25) is 0 Å². The standard InChI is InChI=1S/C11H12FNO4S/c1-18(14,15)16-7-10-6-11(13-17-10)8-2-4-9(12)5-3-8/h2-5,10H,6-7H2,1H3. The van der Waals surface area contributed by atoms with E-state index in [2.05, 4.69) is 9.34 Å². The third-order valence-corrected chi connectivity index (χ3v) is 2.94. The van der Waals surface area contributed by atoms with Crippen LogP contribution in [0, 0.1) is 5.82 Å². The quantitative estimate of drug-likeness (QED) is 0.775. The molecule has 0 aliphatic carbocycles. The summed E-state index contributed by atoms with van der Waals surface area (Å²) in [6.45, 7) is -0.0764. The van der Waals surface area contributed by atoms with Crippen molar-refractivity contribution in [2.24, 2.45) is 5.16 Å². The van der Waals surface area contributed by atoms with Gasteiger partial charge in [-0.25, -0.2) is 4.39 Å². The second-order valence-corrected chi connectivity index (χ2v) is 5.61. The van der Waals surface area contributed by atoms with Gasteiger partial charge in [0.25, 0.3) is 10.1 Å². The molecule has 1 aromatic carbocycles. The van der Waals surface area contributed by atoms with Crippen molar-refractivity contribution in [3.05, 3.63) is 35.6 Å². The fraction of sp³-hybridized carbons (Fsp3) is 0.364. The highest BCUT2D eigenvalue weighted by molar-refractivity contribution is 7.85. The van der Waals surface area contributed by atoms with E-state index >= 15 is 0 Å². The summed E-state index contributed by atoms with van der Waals surface area (Å²) in [4.78, 5) is 5.05. The minimum absolute atomic E-state index is 0.0764. The highest BCUT2D eigenvalue weighted by atomic mass is 32.2. The number of hydrogen-bond donors (Lipinski definition) is 0. The van der Waals surface area contributed by atoms with E-state index in [9.17, 15) is 12.8 Å². The molecule has 1 aliphatic rings. The first-order valence-electron chi connectivity index (χ1n) is 5.27. The summed E-state index contributed by atoms with van der Waals surface area (Å²) in [6, 6.07) is 5.85. The Labute approximate surface area is 104 Å². The number of nitrogens with zero attached hydrogens (tertiary/aromatic N) is 1. The van der Waals surface area contributed by atoms with E-state index in [0.29, 0.717) is 12.1 Å². The maximum atomic E-state index is 12.7. The van der Waals surface area contributed by atoms with E-state index < -0.39 is 16.2 Å². The van der Waals surface area contributed by atoms with Gasteiger partial charge in [-0.2, -0.15) is 8.42 Å². The number of oxime groups is 1. The van der Waals surface area contributed by atoms with E-state index in [1.165, 1.54) is 12.1 Å². The molecule has 5 nitrogen and oxygen atoms in total. The average molecular weight is 273 g/mol. The number of hydrogen-bond acceptors (Lipinski definition) is 5. The molecule has 98 valence electrons. The molecule has 0 amide bonds. The van der Waals surface area contributed by atoms with Gasteiger partial charge in [-0.1, -0.05) is 17.3 Å². The molecule has 0 fully saturated rings. The fourth-order valence-electron chi connectivity index (χ4n) is 1.53. The zero-order valence-electron chi connectivity index (χ0n) is 9.67. The van der Waals surface area contributed by atoms with E-state index in [4.69, 9.17) is 4.84 Å². The Bertz CT molecular complexity index is 553. The molecular weight excluding hydrogens is 261 g/mol. The first-order valence-corrected chi connectivity index (χ1v) is 7.09. The van der Waals surface area contributed by atoms with Crippen molar-refractivity contribution in [3.8, 4) is 0 Å².